The molecule has 4 rings (SSSR count). The van der Waals surface area contributed by atoms with Crippen LogP contribution in [0.3, 0.4) is 0 Å². The van der Waals surface area contributed by atoms with Crippen molar-refractivity contribution in [3.05, 3.63) is 52.5 Å². The number of aromatic nitrogens is 1. The molecule has 1 fully saturated rings. The molecule has 1 saturated heterocycles. The highest BCUT2D eigenvalue weighted by molar-refractivity contribution is 6.34. The van der Waals surface area contributed by atoms with Crippen LogP contribution in [0, 0.1) is 0 Å². The van der Waals surface area contributed by atoms with E-state index >= 15 is 0 Å². The number of hydrogen-bond acceptors (Lipinski definition) is 3. The monoisotopic (exact) mass is 354 g/mol. The van der Waals surface area contributed by atoms with E-state index in [9.17, 15) is 9.90 Å². The van der Waals surface area contributed by atoms with Gasteiger partial charge in [0.25, 0.3) is 0 Å². The Morgan fingerprint density at radius 3 is 2.64 bits per heavy atom. The van der Waals surface area contributed by atoms with Crippen molar-refractivity contribution < 1.29 is 9.90 Å². The van der Waals surface area contributed by atoms with Gasteiger partial charge in [-0.05, 0) is 49.1 Å². The largest absolute Gasteiger partial charge is 0.494 e. The number of fused-ring (bicyclic) bond motifs is 1. The van der Waals surface area contributed by atoms with E-state index in [4.69, 9.17) is 11.6 Å². The molecule has 1 atom stereocenters. The van der Waals surface area contributed by atoms with E-state index in [2.05, 4.69) is 34.6 Å². The molecule has 2 heterocycles. The lowest BCUT2D eigenvalue weighted by Gasteiger charge is -2.11. The highest BCUT2D eigenvalue weighted by Gasteiger charge is 2.19. The summed E-state index contributed by atoms with van der Waals surface area (Å²) in [4.78, 5) is 14.7. The molecule has 25 heavy (non-hydrogen) atoms. The Morgan fingerprint density at radius 2 is 2.00 bits per heavy atom. The number of benzene rings is 2. The van der Waals surface area contributed by atoms with Crippen LogP contribution in [0.2, 0.25) is 5.02 Å². The number of aromatic hydroxyl groups is 1. The molecule has 0 radical (unpaired) electrons. The van der Waals surface area contributed by atoms with Crippen LogP contribution in [0.15, 0.2) is 36.4 Å². The summed E-state index contributed by atoms with van der Waals surface area (Å²) in [5.41, 5.74) is 4.14. The van der Waals surface area contributed by atoms with Crippen molar-refractivity contribution in [2.24, 2.45) is 0 Å². The zero-order valence-corrected chi connectivity index (χ0v) is 14.7. The van der Waals surface area contributed by atoms with Gasteiger partial charge < -0.3 is 15.4 Å². The maximum atomic E-state index is 11.8. The van der Waals surface area contributed by atoms with Crippen molar-refractivity contribution in [1.82, 2.24) is 10.3 Å². The van der Waals surface area contributed by atoms with Gasteiger partial charge in [-0.2, -0.15) is 0 Å². The van der Waals surface area contributed by atoms with Gasteiger partial charge in [0.2, 0.25) is 5.88 Å². The fourth-order valence-electron chi connectivity index (χ4n) is 3.65. The Hall–Kier alpha value is -2.30. The highest BCUT2D eigenvalue weighted by Crippen LogP contribution is 2.37. The molecule has 1 aromatic heterocycles. The van der Waals surface area contributed by atoms with Crippen molar-refractivity contribution in [1.29, 1.82) is 0 Å². The molecule has 0 amide bonds. The van der Waals surface area contributed by atoms with Crippen molar-refractivity contribution >= 4 is 28.3 Å². The molecular formula is C20H19ClN2O2. The first-order valence-electron chi connectivity index (χ1n) is 8.41. The van der Waals surface area contributed by atoms with Gasteiger partial charge in [-0.3, -0.25) is 4.79 Å². The average Bonchev–Trinajstić information content (AvgIpc) is 3.21. The summed E-state index contributed by atoms with van der Waals surface area (Å²) in [6.45, 7) is 3.54. The Balaban J connectivity index is 1.79. The van der Waals surface area contributed by atoms with Crippen LogP contribution in [0.25, 0.3) is 22.0 Å². The summed E-state index contributed by atoms with van der Waals surface area (Å²) in [5, 5.41) is 14.6. The molecule has 4 nitrogen and oxygen atoms in total. The molecular weight excluding hydrogens is 336 g/mol. The number of carbonyl (C=O) groups is 1. The van der Waals surface area contributed by atoms with Crippen LogP contribution in [0.1, 0.15) is 35.2 Å². The third kappa shape index (κ3) is 2.81. The van der Waals surface area contributed by atoms with Gasteiger partial charge in [0.15, 0.2) is 5.78 Å². The third-order valence-corrected chi connectivity index (χ3v) is 5.28. The summed E-state index contributed by atoms with van der Waals surface area (Å²) >= 11 is 6.45. The number of aromatic amines is 1. The van der Waals surface area contributed by atoms with Gasteiger partial charge in [0, 0.05) is 17.5 Å². The molecule has 1 aliphatic rings. The van der Waals surface area contributed by atoms with Crippen molar-refractivity contribution in [3.8, 4) is 17.0 Å². The number of hydrogen-bond donors (Lipinski definition) is 3. The van der Waals surface area contributed by atoms with Crippen molar-refractivity contribution in [2.75, 3.05) is 13.1 Å². The lowest BCUT2D eigenvalue weighted by atomic mass is 9.95. The van der Waals surface area contributed by atoms with E-state index in [1.54, 1.807) is 6.07 Å². The first-order valence-corrected chi connectivity index (χ1v) is 8.78. The fraction of sp³-hybridized carbons (Fsp3) is 0.250. The van der Waals surface area contributed by atoms with E-state index < -0.39 is 0 Å². The van der Waals surface area contributed by atoms with Crippen molar-refractivity contribution in [2.45, 2.75) is 19.3 Å². The minimum Gasteiger partial charge on any atom is -0.494 e. The first kappa shape index (κ1) is 16.2. The van der Waals surface area contributed by atoms with E-state index in [1.165, 1.54) is 12.5 Å². The van der Waals surface area contributed by atoms with Crippen molar-refractivity contribution in [3.63, 3.8) is 0 Å². The average molecular weight is 355 g/mol. The number of carbonyl (C=O) groups excluding carboxylic acids is 1. The zero-order valence-electron chi connectivity index (χ0n) is 13.9. The van der Waals surface area contributed by atoms with Crippen LogP contribution in [0.5, 0.6) is 5.88 Å². The van der Waals surface area contributed by atoms with Gasteiger partial charge in [-0.1, -0.05) is 35.9 Å². The van der Waals surface area contributed by atoms with E-state index in [0.29, 0.717) is 27.4 Å². The number of ketones is 1. The summed E-state index contributed by atoms with van der Waals surface area (Å²) in [5.74, 6) is 0.277. The smallest absolute Gasteiger partial charge is 0.200 e. The second-order valence-corrected chi connectivity index (χ2v) is 7.00. The van der Waals surface area contributed by atoms with E-state index in [1.807, 2.05) is 6.07 Å². The molecule has 3 N–H and O–H groups in total. The predicted molar refractivity (Wildman–Crippen MR) is 101 cm³/mol. The Labute approximate surface area is 150 Å². The molecule has 0 aliphatic carbocycles. The lowest BCUT2D eigenvalue weighted by molar-refractivity contribution is 0.101. The summed E-state index contributed by atoms with van der Waals surface area (Å²) in [6.07, 6.45) is 1.16. The maximum absolute atomic E-state index is 11.8. The number of nitrogens with one attached hydrogen (secondary N) is 2. The second kappa shape index (κ2) is 6.21. The molecule has 0 saturated carbocycles. The van der Waals surface area contributed by atoms with Crippen LogP contribution in [-0.4, -0.2) is 29.0 Å². The number of rotatable bonds is 3. The van der Waals surface area contributed by atoms with Crippen LogP contribution in [-0.2, 0) is 0 Å². The Morgan fingerprint density at radius 1 is 1.24 bits per heavy atom. The standard InChI is InChI=1S/C20H19ClN2O2/c1-11(24)19-16-8-15(17(21)9-18(16)23-20(19)25)13-4-2-12(3-5-13)14-6-7-22-10-14/h2-5,8-9,14,22-23,25H,6-7,10H2,1H3. The molecule has 3 aromatic rings. The minimum atomic E-state index is -0.180. The normalized spacial score (nSPS) is 17.3. The Kier molecular flexibility index (Phi) is 4.02. The second-order valence-electron chi connectivity index (χ2n) is 6.59. The molecule has 0 spiro atoms. The lowest BCUT2D eigenvalue weighted by Crippen LogP contribution is -2.07. The summed E-state index contributed by atoms with van der Waals surface area (Å²) in [7, 11) is 0. The van der Waals surface area contributed by atoms with Gasteiger partial charge in [0.05, 0.1) is 16.1 Å². The van der Waals surface area contributed by atoms with Gasteiger partial charge in [-0.15, -0.1) is 0 Å². The van der Waals surface area contributed by atoms with Crippen LogP contribution >= 0.6 is 11.6 Å². The van der Waals surface area contributed by atoms with Gasteiger partial charge in [-0.25, -0.2) is 0 Å². The third-order valence-electron chi connectivity index (χ3n) is 4.97. The number of halogens is 1. The van der Waals surface area contributed by atoms with E-state index in [-0.39, 0.29) is 11.7 Å². The molecule has 5 heteroatoms. The summed E-state index contributed by atoms with van der Waals surface area (Å²) < 4.78 is 0. The molecule has 0 bridgehead atoms. The highest BCUT2D eigenvalue weighted by atomic mass is 35.5. The molecule has 128 valence electrons. The SMILES string of the molecule is CC(=O)c1c(O)[nH]c2cc(Cl)c(-c3ccc(C4CCNC4)cc3)cc12. The van der Waals surface area contributed by atoms with Gasteiger partial charge in [0.1, 0.15) is 0 Å². The van der Waals surface area contributed by atoms with Crippen LogP contribution in [0.4, 0.5) is 0 Å². The molecule has 2 aromatic carbocycles. The van der Waals surface area contributed by atoms with Gasteiger partial charge >= 0.3 is 0 Å². The first-order chi connectivity index (χ1) is 12.0. The quantitative estimate of drug-likeness (QED) is 0.608. The molecule has 1 unspecified atom stereocenters. The zero-order chi connectivity index (χ0) is 17.6. The topological polar surface area (TPSA) is 65.1 Å². The minimum absolute atomic E-state index is 0.111. The van der Waals surface area contributed by atoms with Crippen LogP contribution < -0.4 is 5.32 Å². The molecule has 1 aliphatic heterocycles. The summed E-state index contributed by atoms with van der Waals surface area (Å²) in [6, 6.07) is 12.1. The predicted octanol–water partition coefficient (Wildman–Crippen LogP) is 4.47. The number of H-pyrrole nitrogens is 1. The number of Topliss-reactive ketones (excluding diaryl/α,β-unsaturated/α-hetero) is 1. The maximum Gasteiger partial charge on any atom is 0.200 e. The Bertz CT molecular complexity index is 954. The van der Waals surface area contributed by atoms with E-state index in [0.717, 1.165) is 30.6 Å². The fourth-order valence-corrected chi connectivity index (χ4v) is 3.93.